The molecule has 16 heavy (non-hydrogen) atoms. The van der Waals surface area contributed by atoms with Crippen molar-refractivity contribution in [2.75, 3.05) is 19.6 Å². The minimum atomic E-state index is 0.125. The van der Waals surface area contributed by atoms with Crippen LogP contribution >= 0.6 is 0 Å². The van der Waals surface area contributed by atoms with Crippen molar-refractivity contribution in [3.05, 3.63) is 0 Å². The van der Waals surface area contributed by atoms with Crippen LogP contribution in [0.3, 0.4) is 0 Å². The van der Waals surface area contributed by atoms with E-state index in [1.807, 2.05) is 0 Å². The molecule has 2 aliphatic rings. The van der Waals surface area contributed by atoms with Gasteiger partial charge in [-0.15, -0.1) is 0 Å². The molecule has 3 heteroatoms. The Morgan fingerprint density at radius 2 is 2.12 bits per heavy atom. The first-order valence-electron chi connectivity index (χ1n) is 6.69. The molecule has 1 heterocycles. The predicted molar refractivity (Wildman–Crippen MR) is 65.1 cm³/mol. The van der Waals surface area contributed by atoms with Gasteiger partial charge >= 0.3 is 0 Å². The number of piperazine rings is 1. The lowest BCUT2D eigenvalue weighted by Gasteiger charge is -2.51. The second-order valence-electron chi connectivity index (χ2n) is 5.21. The number of hydrogen-bond acceptors (Lipinski definition) is 3. The summed E-state index contributed by atoms with van der Waals surface area (Å²) in [5.41, 5.74) is 0.299. The molecule has 3 nitrogen and oxygen atoms in total. The molecule has 90 valence electrons. The van der Waals surface area contributed by atoms with E-state index < -0.39 is 0 Å². The molecule has 0 aromatic carbocycles. The van der Waals surface area contributed by atoms with Crippen molar-refractivity contribution < 1.29 is 0 Å². The van der Waals surface area contributed by atoms with E-state index in [2.05, 4.69) is 23.2 Å². The smallest absolute Gasteiger partial charge is 0.0980 e. The van der Waals surface area contributed by atoms with Crippen molar-refractivity contribution in [3.8, 4) is 6.07 Å². The Labute approximate surface area is 98.8 Å². The van der Waals surface area contributed by atoms with Gasteiger partial charge in [0.2, 0.25) is 0 Å². The van der Waals surface area contributed by atoms with Gasteiger partial charge in [0.1, 0.15) is 0 Å². The zero-order valence-corrected chi connectivity index (χ0v) is 10.3. The average Bonchev–Trinajstić information content (AvgIpc) is 2.34. The van der Waals surface area contributed by atoms with E-state index in [0.717, 1.165) is 26.1 Å². The molecule has 1 saturated carbocycles. The minimum Gasteiger partial charge on any atom is -0.314 e. The Balaban J connectivity index is 2.15. The number of rotatable bonds is 2. The van der Waals surface area contributed by atoms with Crippen LogP contribution in [0.1, 0.15) is 45.4 Å². The van der Waals surface area contributed by atoms with Gasteiger partial charge in [-0.2, -0.15) is 5.26 Å². The first-order chi connectivity index (χ1) is 7.82. The molecule has 1 N–H and O–H groups in total. The fourth-order valence-corrected chi connectivity index (χ4v) is 3.40. The molecule has 1 atom stereocenters. The molecule has 1 aliphatic carbocycles. The molecule has 0 bridgehead atoms. The highest BCUT2D eigenvalue weighted by Gasteiger charge is 2.42. The number of nitrogens with zero attached hydrogens (tertiary/aromatic N) is 2. The van der Waals surface area contributed by atoms with Crippen LogP contribution < -0.4 is 5.32 Å². The highest BCUT2D eigenvalue weighted by Crippen LogP contribution is 2.36. The molecule has 0 radical (unpaired) electrons. The molecule has 1 aliphatic heterocycles. The molecule has 2 fully saturated rings. The summed E-state index contributed by atoms with van der Waals surface area (Å²) in [6.07, 6.45) is 7.55. The van der Waals surface area contributed by atoms with E-state index >= 15 is 0 Å². The van der Waals surface area contributed by atoms with Crippen LogP contribution in [-0.4, -0.2) is 36.1 Å². The van der Waals surface area contributed by atoms with E-state index in [1.165, 1.54) is 32.1 Å². The SMILES string of the molecule is CCC(C#N)N1CCNCC12CCCCC2. The van der Waals surface area contributed by atoms with Crippen LogP contribution in [0.2, 0.25) is 0 Å². The topological polar surface area (TPSA) is 39.1 Å². The van der Waals surface area contributed by atoms with Crippen LogP contribution in [0, 0.1) is 11.3 Å². The molecule has 1 spiro atoms. The second-order valence-corrected chi connectivity index (χ2v) is 5.21. The Morgan fingerprint density at radius 3 is 2.75 bits per heavy atom. The van der Waals surface area contributed by atoms with E-state index in [0.29, 0.717) is 5.54 Å². The predicted octanol–water partition coefficient (Wildman–Crippen LogP) is 1.90. The van der Waals surface area contributed by atoms with E-state index in [1.54, 1.807) is 0 Å². The van der Waals surface area contributed by atoms with Gasteiger partial charge in [-0.3, -0.25) is 4.90 Å². The molecule has 0 aromatic heterocycles. The summed E-state index contributed by atoms with van der Waals surface area (Å²) in [6, 6.07) is 2.62. The van der Waals surface area contributed by atoms with Gasteiger partial charge in [0.05, 0.1) is 12.1 Å². The minimum absolute atomic E-state index is 0.125. The van der Waals surface area contributed by atoms with Crippen molar-refractivity contribution in [1.82, 2.24) is 10.2 Å². The third-order valence-corrected chi connectivity index (χ3v) is 4.29. The molecular weight excluding hydrogens is 198 g/mol. The third-order valence-electron chi connectivity index (χ3n) is 4.29. The number of hydrogen-bond donors (Lipinski definition) is 1. The second kappa shape index (κ2) is 5.16. The lowest BCUT2D eigenvalue weighted by atomic mass is 9.78. The Hall–Kier alpha value is -0.590. The van der Waals surface area contributed by atoms with Crippen LogP contribution in [0.5, 0.6) is 0 Å². The maximum Gasteiger partial charge on any atom is 0.0980 e. The molecule has 1 unspecified atom stereocenters. The molecule has 0 amide bonds. The van der Waals surface area contributed by atoms with Crippen LogP contribution in [-0.2, 0) is 0 Å². The third kappa shape index (κ3) is 2.09. The fraction of sp³-hybridized carbons (Fsp3) is 0.923. The van der Waals surface area contributed by atoms with E-state index in [9.17, 15) is 5.26 Å². The van der Waals surface area contributed by atoms with Gasteiger partial charge in [0, 0.05) is 25.2 Å². The zero-order valence-electron chi connectivity index (χ0n) is 10.3. The maximum absolute atomic E-state index is 9.28. The quantitative estimate of drug-likeness (QED) is 0.774. The van der Waals surface area contributed by atoms with Gasteiger partial charge in [-0.1, -0.05) is 26.2 Å². The van der Waals surface area contributed by atoms with Gasteiger partial charge < -0.3 is 5.32 Å². The zero-order chi connectivity index (χ0) is 11.4. The maximum atomic E-state index is 9.28. The Bertz CT molecular complexity index is 255. The molecule has 2 rings (SSSR count). The summed E-state index contributed by atoms with van der Waals surface area (Å²) in [4.78, 5) is 2.50. The van der Waals surface area contributed by atoms with Crippen molar-refractivity contribution in [2.24, 2.45) is 0 Å². The van der Waals surface area contributed by atoms with Crippen molar-refractivity contribution >= 4 is 0 Å². The number of nitriles is 1. The summed E-state index contributed by atoms with van der Waals surface area (Å²) >= 11 is 0. The highest BCUT2D eigenvalue weighted by molar-refractivity contribution is 5.05. The van der Waals surface area contributed by atoms with Gasteiger partial charge in [-0.05, 0) is 19.3 Å². The van der Waals surface area contributed by atoms with Crippen molar-refractivity contribution in [1.29, 1.82) is 5.26 Å². The summed E-state index contributed by atoms with van der Waals surface area (Å²) in [7, 11) is 0. The lowest BCUT2D eigenvalue weighted by Crippen LogP contribution is -2.64. The van der Waals surface area contributed by atoms with E-state index in [-0.39, 0.29) is 6.04 Å². The van der Waals surface area contributed by atoms with Gasteiger partial charge in [0.15, 0.2) is 0 Å². The van der Waals surface area contributed by atoms with E-state index in [4.69, 9.17) is 0 Å². The lowest BCUT2D eigenvalue weighted by molar-refractivity contribution is 0.00783. The fourth-order valence-electron chi connectivity index (χ4n) is 3.40. The molecular formula is C13H23N3. The standard InChI is InChI=1S/C13H23N3/c1-2-12(10-14)16-9-8-15-11-13(16)6-4-3-5-7-13/h12,15H,2-9,11H2,1H3. The first-order valence-corrected chi connectivity index (χ1v) is 6.69. The number of nitrogens with one attached hydrogen (secondary N) is 1. The Morgan fingerprint density at radius 1 is 1.38 bits per heavy atom. The van der Waals surface area contributed by atoms with Gasteiger partial charge in [-0.25, -0.2) is 0 Å². The van der Waals surface area contributed by atoms with Crippen LogP contribution in [0.15, 0.2) is 0 Å². The van der Waals surface area contributed by atoms with Crippen molar-refractivity contribution in [3.63, 3.8) is 0 Å². The van der Waals surface area contributed by atoms with Crippen LogP contribution in [0.4, 0.5) is 0 Å². The summed E-state index contributed by atoms with van der Waals surface area (Å²) in [6.45, 7) is 5.31. The largest absolute Gasteiger partial charge is 0.314 e. The first kappa shape index (κ1) is 11.9. The molecule has 1 saturated heterocycles. The summed E-state index contributed by atoms with van der Waals surface area (Å²) < 4.78 is 0. The summed E-state index contributed by atoms with van der Waals surface area (Å²) in [5.74, 6) is 0. The van der Waals surface area contributed by atoms with Crippen LogP contribution in [0.25, 0.3) is 0 Å². The monoisotopic (exact) mass is 221 g/mol. The normalized spacial score (nSPS) is 27.5. The summed E-state index contributed by atoms with van der Waals surface area (Å²) in [5, 5.41) is 12.8. The molecule has 0 aromatic rings. The highest BCUT2D eigenvalue weighted by atomic mass is 15.3. The average molecular weight is 221 g/mol. The van der Waals surface area contributed by atoms with Gasteiger partial charge in [0.25, 0.3) is 0 Å². The Kier molecular flexibility index (Phi) is 3.83. The van der Waals surface area contributed by atoms with Crippen molar-refractivity contribution in [2.45, 2.75) is 57.0 Å².